The van der Waals surface area contributed by atoms with E-state index in [4.69, 9.17) is 14.6 Å². The molecule has 0 bridgehead atoms. The number of benzene rings is 2. The number of aryl methyl sites for hydroxylation is 2. The lowest BCUT2D eigenvalue weighted by atomic mass is 10.0. The van der Waals surface area contributed by atoms with Gasteiger partial charge in [-0.2, -0.15) is 0 Å². The average molecular weight is 702 g/mol. The first-order valence-corrected chi connectivity index (χ1v) is 17.5. The van der Waals surface area contributed by atoms with Crippen molar-refractivity contribution in [3.63, 3.8) is 0 Å². The highest BCUT2D eigenvalue weighted by Gasteiger charge is 2.25. The van der Waals surface area contributed by atoms with Crippen LogP contribution in [0.15, 0.2) is 66.7 Å². The summed E-state index contributed by atoms with van der Waals surface area (Å²) in [6, 6.07) is 18.0. The molecule has 6 rings (SSSR count). The molecule has 2 aromatic carbocycles. The minimum Gasteiger partial charge on any atom is -0.507 e. The molecular formula is C39H51N5O7. The van der Waals surface area contributed by atoms with E-state index in [0.717, 1.165) is 60.9 Å². The maximum Gasteiger partial charge on any atom is 0.328 e. The lowest BCUT2D eigenvalue weighted by Crippen LogP contribution is -2.43. The van der Waals surface area contributed by atoms with Crippen LogP contribution in [0.3, 0.4) is 0 Å². The molecule has 12 heteroatoms. The van der Waals surface area contributed by atoms with E-state index in [1.807, 2.05) is 45.9 Å². The number of methoxy groups -OCH3 is 1. The summed E-state index contributed by atoms with van der Waals surface area (Å²) >= 11 is 0. The van der Waals surface area contributed by atoms with Crippen LogP contribution in [0.1, 0.15) is 79.0 Å². The Balaban J connectivity index is 0.000000364. The maximum absolute atomic E-state index is 12.6. The van der Waals surface area contributed by atoms with Gasteiger partial charge in [-0.1, -0.05) is 58.0 Å². The van der Waals surface area contributed by atoms with Gasteiger partial charge in [0.2, 0.25) is 0 Å². The fourth-order valence-electron chi connectivity index (χ4n) is 5.35. The third-order valence-electron chi connectivity index (χ3n) is 7.85. The number of phenols is 2. The van der Waals surface area contributed by atoms with Crippen molar-refractivity contribution in [2.24, 2.45) is 0 Å². The summed E-state index contributed by atoms with van der Waals surface area (Å²) in [4.78, 5) is 33.8. The van der Waals surface area contributed by atoms with E-state index in [9.17, 15) is 19.8 Å². The van der Waals surface area contributed by atoms with Gasteiger partial charge < -0.3 is 40.7 Å². The molecule has 12 nitrogen and oxygen atoms in total. The lowest BCUT2D eigenvalue weighted by Gasteiger charge is -2.18. The van der Waals surface area contributed by atoms with E-state index in [1.54, 1.807) is 24.3 Å². The Kier molecular flexibility index (Phi) is 16.5. The molecule has 4 aromatic rings. The van der Waals surface area contributed by atoms with Crippen molar-refractivity contribution in [2.75, 3.05) is 30.8 Å². The molecule has 6 N–H and O–H groups in total. The summed E-state index contributed by atoms with van der Waals surface area (Å²) in [6.45, 7) is 10.3. The molecule has 274 valence electrons. The van der Waals surface area contributed by atoms with Crippen LogP contribution in [0, 0.1) is 0 Å². The number of pyridine rings is 2. The third-order valence-corrected chi connectivity index (χ3v) is 7.85. The zero-order valence-corrected chi connectivity index (χ0v) is 30.2. The van der Waals surface area contributed by atoms with Crippen LogP contribution in [0.5, 0.6) is 17.2 Å². The number of hydrogen-bond acceptors (Lipinski definition) is 11. The molecule has 0 fully saturated rings. The quantitative estimate of drug-likeness (QED) is 0.114. The summed E-state index contributed by atoms with van der Waals surface area (Å²) in [5.41, 5.74) is 4.49. The smallest absolute Gasteiger partial charge is 0.328 e. The van der Waals surface area contributed by atoms with Crippen molar-refractivity contribution in [1.29, 1.82) is 0 Å². The number of nitrogens with zero attached hydrogens (tertiary/aromatic N) is 2. The van der Waals surface area contributed by atoms with Crippen LogP contribution in [0.25, 0.3) is 0 Å². The Bertz CT molecular complexity index is 1680. The number of aliphatic hydroxyl groups excluding tert-OH is 1. The molecule has 1 atom stereocenters. The number of anilines is 2. The number of ether oxygens (including phenoxy) is 2. The maximum atomic E-state index is 12.6. The predicted molar refractivity (Wildman–Crippen MR) is 198 cm³/mol. The van der Waals surface area contributed by atoms with Gasteiger partial charge in [0.1, 0.15) is 47.1 Å². The Morgan fingerprint density at radius 3 is 1.90 bits per heavy atom. The van der Waals surface area contributed by atoms with Crippen molar-refractivity contribution in [3.05, 3.63) is 100 Å². The number of phenolic OH excluding ortho intramolecular Hbond substituents is 2. The number of carbonyl (C=O) groups is 2. The summed E-state index contributed by atoms with van der Waals surface area (Å²) in [6.07, 6.45) is 4.55. The molecule has 51 heavy (non-hydrogen) atoms. The first kappa shape index (κ1) is 40.1. The number of aromatic hydroxyl groups is 2. The summed E-state index contributed by atoms with van der Waals surface area (Å²) in [5, 5.41) is 37.7. The first-order valence-electron chi connectivity index (χ1n) is 17.5. The van der Waals surface area contributed by atoms with E-state index < -0.39 is 29.4 Å². The van der Waals surface area contributed by atoms with Crippen LogP contribution >= 0.6 is 0 Å². The van der Waals surface area contributed by atoms with Gasteiger partial charge in [-0.05, 0) is 78.8 Å². The molecule has 1 amide bonds. The van der Waals surface area contributed by atoms with Gasteiger partial charge in [0.05, 0.1) is 25.1 Å². The monoisotopic (exact) mass is 701 g/mol. The number of amides is 1. The number of aromatic nitrogens is 2. The number of fused-ring (bicyclic) bond motifs is 2. The second kappa shape index (κ2) is 21.0. The third kappa shape index (κ3) is 11.6. The molecule has 2 aromatic heterocycles. The summed E-state index contributed by atoms with van der Waals surface area (Å²) in [7, 11) is 1.22. The van der Waals surface area contributed by atoms with Gasteiger partial charge in [0.15, 0.2) is 0 Å². The first-order chi connectivity index (χ1) is 24.8. The van der Waals surface area contributed by atoms with Gasteiger partial charge in [-0.25, -0.2) is 14.8 Å². The van der Waals surface area contributed by atoms with Crippen LogP contribution in [0.2, 0.25) is 0 Å². The van der Waals surface area contributed by atoms with Gasteiger partial charge in [0.25, 0.3) is 5.91 Å². The minimum atomic E-state index is -1.02. The molecule has 2 aliphatic heterocycles. The highest BCUT2D eigenvalue weighted by Crippen LogP contribution is 2.26. The Labute approximate surface area is 300 Å². The molecule has 0 aliphatic carbocycles. The van der Waals surface area contributed by atoms with E-state index >= 15 is 0 Å². The van der Waals surface area contributed by atoms with Crippen molar-refractivity contribution in [2.45, 2.75) is 79.1 Å². The normalized spacial score (nSPS) is 12.8. The second-order valence-electron chi connectivity index (χ2n) is 11.2. The van der Waals surface area contributed by atoms with Crippen LogP contribution in [0.4, 0.5) is 11.6 Å². The Morgan fingerprint density at radius 1 is 0.804 bits per heavy atom. The second-order valence-corrected chi connectivity index (χ2v) is 11.2. The zero-order valence-electron chi connectivity index (χ0n) is 30.2. The van der Waals surface area contributed by atoms with Crippen molar-refractivity contribution >= 4 is 23.5 Å². The predicted octanol–water partition coefficient (Wildman–Crippen LogP) is 5.93. The van der Waals surface area contributed by atoms with Gasteiger partial charge in [0, 0.05) is 19.5 Å². The minimum absolute atomic E-state index is 0.0228. The number of nitrogens with one attached hydrogen (secondary N) is 3. The molecule has 1 unspecified atom stereocenters. The topological polar surface area (TPSA) is 175 Å². The number of rotatable bonds is 9. The molecule has 0 saturated heterocycles. The molecule has 0 saturated carbocycles. The van der Waals surface area contributed by atoms with E-state index in [-0.39, 0.29) is 18.6 Å². The fourth-order valence-corrected chi connectivity index (χ4v) is 5.35. The SMILES string of the molecule is CC.CC.COC(=O)C(Cc1ccc(OCc2ccc3c(n2)NCCC3)cc1)NC(=O)c1c(O)cccc1O.OCc1ccc2c(n1)NCCC2. The Hall–Kier alpha value is -5.36. The van der Waals surface area contributed by atoms with E-state index in [0.29, 0.717) is 12.4 Å². The highest BCUT2D eigenvalue weighted by molar-refractivity contribution is 6.01. The number of carbonyl (C=O) groups excluding carboxylic acids is 2. The molecule has 2 aliphatic rings. The number of aliphatic hydroxyl groups is 1. The van der Waals surface area contributed by atoms with Crippen LogP contribution < -0.4 is 20.7 Å². The fraction of sp³-hybridized carbons (Fsp3) is 0.385. The van der Waals surface area contributed by atoms with Crippen molar-refractivity contribution < 1.29 is 34.4 Å². The van der Waals surface area contributed by atoms with Crippen LogP contribution in [-0.2, 0) is 42.0 Å². The zero-order chi connectivity index (χ0) is 37.2. The number of esters is 1. The lowest BCUT2D eigenvalue weighted by molar-refractivity contribution is -0.142. The largest absolute Gasteiger partial charge is 0.507 e. The van der Waals surface area contributed by atoms with E-state index in [2.05, 4.69) is 32.0 Å². The van der Waals surface area contributed by atoms with Crippen LogP contribution in [-0.4, -0.2) is 63.4 Å². The van der Waals surface area contributed by atoms with Crippen molar-refractivity contribution in [1.82, 2.24) is 15.3 Å². The average Bonchev–Trinajstić information content (AvgIpc) is 3.18. The molecule has 0 radical (unpaired) electrons. The van der Waals surface area contributed by atoms with Crippen molar-refractivity contribution in [3.8, 4) is 17.2 Å². The summed E-state index contributed by atoms with van der Waals surface area (Å²) < 4.78 is 10.7. The van der Waals surface area contributed by atoms with Gasteiger partial charge >= 0.3 is 5.97 Å². The molecule has 0 spiro atoms. The molecule has 4 heterocycles. The summed E-state index contributed by atoms with van der Waals surface area (Å²) in [5.74, 6) is 0.282. The van der Waals surface area contributed by atoms with Gasteiger partial charge in [-0.15, -0.1) is 0 Å². The van der Waals surface area contributed by atoms with E-state index in [1.165, 1.54) is 42.9 Å². The highest BCUT2D eigenvalue weighted by atomic mass is 16.5. The molecular weight excluding hydrogens is 650 g/mol. The number of hydrogen-bond donors (Lipinski definition) is 6. The standard InChI is InChI=1S/C26H27N3O6.C9H12N2O.2C2H6/c1-34-26(33)20(29-25(32)23-21(30)5-2-6-22(23)31)14-16-7-11-19(12-8-16)35-15-18-10-9-17-4-3-13-27-24(17)28-18;12-6-8-4-3-7-2-1-5-10-9(7)11-8;2*1-2/h2,5-12,20,30-31H,3-4,13-15H2,1H3,(H,27,28)(H,29,32);3-4,12H,1-2,5-6H2,(H,10,11);2*1-2H3. The van der Waals surface area contributed by atoms with Gasteiger partial charge in [-0.3, -0.25) is 4.79 Å². The Morgan fingerprint density at radius 2 is 1.35 bits per heavy atom.